The van der Waals surface area contributed by atoms with Crippen LogP contribution in [0.1, 0.15) is 66.2 Å². The van der Waals surface area contributed by atoms with Crippen LogP contribution >= 0.6 is 11.6 Å². The maximum atomic E-state index is 13.5. The predicted octanol–water partition coefficient (Wildman–Crippen LogP) is 4.05. The lowest BCUT2D eigenvalue weighted by Crippen LogP contribution is -2.60. The molecule has 1 heterocycles. The van der Waals surface area contributed by atoms with Crippen molar-refractivity contribution in [2.45, 2.75) is 61.1 Å². The second-order valence-electron chi connectivity index (χ2n) is 12.2. The van der Waals surface area contributed by atoms with Crippen LogP contribution in [0.4, 0.5) is 10.1 Å². The normalized spacial score (nSPS) is 31.5. The standard InChI is InChI=1S/C32H32ClFN4O4/c1-38-18-36-26(27(38)28(39)37-23-7-8-25(34)24(33)13-23)19-11-20-14-30(41,15-21(20)12-19)9-10-31(42)16-32(17-31,29(35)40)22-5-3-2-4-6-22/h2-8,13,18-21,41-42H,11-12,14-17H2,1H3,(H2,35,40)(H,37,39). The zero-order valence-corrected chi connectivity index (χ0v) is 23.9. The molecule has 0 aliphatic heterocycles. The Kier molecular flexibility index (Phi) is 6.92. The Morgan fingerprint density at radius 2 is 1.71 bits per heavy atom. The van der Waals surface area contributed by atoms with Crippen molar-refractivity contribution < 1.29 is 24.2 Å². The molecule has 3 saturated carbocycles. The molecule has 3 aliphatic rings. The second-order valence-corrected chi connectivity index (χ2v) is 12.7. The van der Waals surface area contributed by atoms with Crippen molar-refractivity contribution in [3.05, 3.63) is 82.6 Å². The zero-order valence-electron chi connectivity index (χ0n) is 23.1. The molecular formula is C32H32ClFN4O4. The Morgan fingerprint density at radius 3 is 2.33 bits per heavy atom. The van der Waals surface area contributed by atoms with Gasteiger partial charge in [-0.1, -0.05) is 53.8 Å². The number of aromatic nitrogens is 2. The number of halogens is 2. The molecule has 0 radical (unpaired) electrons. The fraction of sp³-hybridized carbons (Fsp3) is 0.406. The van der Waals surface area contributed by atoms with Gasteiger partial charge in [0.1, 0.15) is 22.7 Å². The predicted molar refractivity (Wildman–Crippen MR) is 155 cm³/mol. The number of carbonyl (C=O) groups is 2. The quantitative estimate of drug-likeness (QED) is 0.333. The van der Waals surface area contributed by atoms with E-state index >= 15 is 0 Å². The molecule has 0 bridgehead atoms. The highest BCUT2D eigenvalue weighted by Gasteiger charge is 2.58. The van der Waals surface area contributed by atoms with Crippen LogP contribution in [-0.2, 0) is 17.3 Å². The van der Waals surface area contributed by atoms with Crippen LogP contribution in [-0.4, -0.2) is 42.8 Å². The molecule has 3 fully saturated rings. The molecule has 2 aromatic carbocycles. The maximum Gasteiger partial charge on any atom is 0.274 e. The van der Waals surface area contributed by atoms with Crippen molar-refractivity contribution in [2.24, 2.45) is 24.6 Å². The number of nitrogens with two attached hydrogens (primary N) is 1. The summed E-state index contributed by atoms with van der Waals surface area (Å²) in [7, 11) is 1.75. The molecule has 0 spiro atoms. The van der Waals surface area contributed by atoms with Gasteiger partial charge in [-0.3, -0.25) is 9.59 Å². The molecule has 0 saturated heterocycles. The molecule has 2 amide bonds. The first-order valence-electron chi connectivity index (χ1n) is 14.0. The number of hydrogen-bond acceptors (Lipinski definition) is 5. The van der Waals surface area contributed by atoms with Crippen LogP contribution in [0.15, 0.2) is 54.9 Å². The molecule has 2 unspecified atom stereocenters. The lowest BCUT2D eigenvalue weighted by molar-refractivity contribution is -0.136. The molecule has 42 heavy (non-hydrogen) atoms. The zero-order chi connectivity index (χ0) is 29.9. The number of primary amides is 1. The lowest BCUT2D eigenvalue weighted by Gasteiger charge is -2.49. The number of nitrogens with one attached hydrogen (secondary N) is 1. The molecule has 10 heteroatoms. The van der Waals surface area contributed by atoms with Crippen molar-refractivity contribution in [1.82, 2.24) is 9.55 Å². The number of nitrogens with zero attached hydrogens (tertiary/aromatic N) is 2. The number of aryl methyl sites for hydroxylation is 1. The Labute approximate surface area is 248 Å². The largest absolute Gasteiger partial charge is 0.378 e. The van der Waals surface area contributed by atoms with Crippen LogP contribution < -0.4 is 11.1 Å². The third kappa shape index (κ3) is 4.98. The van der Waals surface area contributed by atoms with E-state index in [-0.39, 0.29) is 41.5 Å². The van der Waals surface area contributed by atoms with Crippen LogP contribution in [0.2, 0.25) is 5.02 Å². The number of carbonyl (C=O) groups excluding carboxylic acids is 2. The number of amides is 2. The number of rotatable bonds is 5. The number of anilines is 1. The van der Waals surface area contributed by atoms with Gasteiger partial charge in [-0.25, -0.2) is 9.37 Å². The summed E-state index contributed by atoms with van der Waals surface area (Å²) in [5.74, 6) is 4.85. The first kappa shape index (κ1) is 28.4. The van der Waals surface area contributed by atoms with E-state index in [2.05, 4.69) is 22.1 Å². The van der Waals surface area contributed by atoms with Crippen LogP contribution in [0, 0.1) is 29.5 Å². The summed E-state index contributed by atoms with van der Waals surface area (Å²) < 4.78 is 15.2. The number of imidazole rings is 1. The van der Waals surface area contributed by atoms with E-state index in [0.717, 1.165) is 18.4 Å². The van der Waals surface area contributed by atoms with E-state index in [1.54, 1.807) is 17.9 Å². The summed E-state index contributed by atoms with van der Waals surface area (Å²) in [6, 6.07) is 13.2. The second kappa shape index (κ2) is 10.2. The van der Waals surface area contributed by atoms with Gasteiger partial charge in [0.25, 0.3) is 5.91 Å². The smallest absolute Gasteiger partial charge is 0.274 e. The summed E-state index contributed by atoms with van der Waals surface area (Å²) in [5.41, 5.74) is 4.40. The summed E-state index contributed by atoms with van der Waals surface area (Å²) >= 11 is 5.87. The Balaban J connectivity index is 1.12. The van der Waals surface area contributed by atoms with E-state index in [1.807, 2.05) is 30.3 Å². The molecule has 3 aromatic rings. The van der Waals surface area contributed by atoms with Gasteiger partial charge >= 0.3 is 0 Å². The Bertz CT molecular complexity index is 1610. The molecule has 8 nitrogen and oxygen atoms in total. The highest BCUT2D eigenvalue weighted by atomic mass is 35.5. The van der Waals surface area contributed by atoms with Gasteiger partial charge in [-0.15, -0.1) is 0 Å². The first-order chi connectivity index (χ1) is 19.9. The molecule has 218 valence electrons. The molecular weight excluding hydrogens is 559 g/mol. The SMILES string of the molecule is Cn1cnc(C2CC3CC(O)(C#CC4(O)CC(C(N)=O)(c5ccccc5)C4)CC3C2)c1C(=O)Nc1ccc(F)c(Cl)c1. The van der Waals surface area contributed by atoms with Gasteiger partial charge in [0.2, 0.25) is 5.91 Å². The van der Waals surface area contributed by atoms with Gasteiger partial charge in [-0.2, -0.15) is 0 Å². The van der Waals surface area contributed by atoms with Gasteiger partial charge in [-0.05, 0) is 61.3 Å². The minimum atomic E-state index is -1.40. The Hall–Kier alpha value is -3.71. The van der Waals surface area contributed by atoms with Crippen molar-refractivity contribution >= 4 is 29.1 Å². The van der Waals surface area contributed by atoms with Crippen molar-refractivity contribution in [3.63, 3.8) is 0 Å². The van der Waals surface area contributed by atoms with Crippen molar-refractivity contribution in [1.29, 1.82) is 0 Å². The molecule has 1 aromatic heterocycles. The summed E-state index contributed by atoms with van der Waals surface area (Å²) in [6.45, 7) is 0. The number of benzene rings is 2. The molecule has 2 atom stereocenters. The van der Waals surface area contributed by atoms with Crippen LogP contribution in [0.3, 0.4) is 0 Å². The highest BCUT2D eigenvalue weighted by Crippen LogP contribution is 2.54. The minimum absolute atomic E-state index is 0.0362. The minimum Gasteiger partial charge on any atom is -0.378 e. The maximum absolute atomic E-state index is 13.5. The highest BCUT2D eigenvalue weighted by molar-refractivity contribution is 6.31. The number of hydrogen-bond donors (Lipinski definition) is 4. The van der Waals surface area contributed by atoms with E-state index in [9.17, 15) is 24.2 Å². The topological polar surface area (TPSA) is 130 Å². The molecule has 6 rings (SSSR count). The van der Waals surface area contributed by atoms with Crippen molar-refractivity contribution in [2.75, 3.05) is 5.32 Å². The monoisotopic (exact) mass is 590 g/mol. The fourth-order valence-electron chi connectivity index (χ4n) is 7.32. The Morgan fingerprint density at radius 1 is 1.07 bits per heavy atom. The van der Waals surface area contributed by atoms with E-state index in [1.165, 1.54) is 18.2 Å². The van der Waals surface area contributed by atoms with Crippen molar-refractivity contribution in [3.8, 4) is 11.8 Å². The molecule has 5 N–H and O–H groups in total. The number of fused-ring (bicyclic) bond motifs is 1. The fourth-order valence-corrected chi connectivity index (χ4v) is 7.50. The van der Waals surface area contributed by atoms with Gasteiger partial charge in [0.05, 0.1) is 22.5 Å². The number of aliphatic hydroxyl groups is 2. The van der Waals surface area contributed by atoms with E-state index < -0.39 is 28.3 Å². The average Bonchev–Trinajstić information content (AvgIpc) is 3.59. The molecule has 3 aliphatic carbocycles. The third-order valence-corrected chi connectivity index (χ3v) is 9.59. The summed E-state index contributed by atoms with van der Waals surface area (Å²) in [4.78, 5) is 30.1. The summed E-state index contributed by atoms with van der Waals surface area (Å²) in [6.07, 6.45) is 4.20. The van der Waals surface area contributed by atoms with E-state index in [0.29, 0.717) is 29.9 Å². The van der Waals surface area contributed by atoms with Gasteiger partial charge in [0, 0.05) is 31.5 Å². The van der Waals surface area contributed by atoms with Crippen LogP contribution in [0.5, 0.6) is 0 Å². The van der Waals surface area contributed by atoms with Crippen LogP contribution in [0.25, 0.3) is 0 Å². The van der Waals surface area contributed by atoms with Gasteiger partial charge < -0.3 is 25.8 Å². The summed E-state index contributed by atoms with van der Waals surface area (Å²) in [5, 5.41) is 25.1. The average molecular weight is 591 g/mol. The third-order valence-electron chi connectivity index (χ3n) is 9.30. The van der Waals surface area contributed by atoms with E-state index in [4.69, 9.17) is 17.3 Å². The lowest BCUT2D eigenvalue weighted by atomic mass is 9.55. The first-order valence-corrected chi connectivity index (χ1v) is 14.4. The van der Waals surface area contributed by atoms with Gasteiger partial charge in [0.15, 0.2) is 0 Å².